The number of nitrogens with one attached hydrogen (secondary N) is 1. The molecule has 2 aromatic rings. The number of halogens is 2. The van der Waals surface area contributed by atoms with Crippen LogP contribution in [0.2, 0.25) is 5.02 Å². The van der Waals surface area contributed by atoms with Gasteiger partial charge in [0.05, 0.1) is 23.7 Å². The van der Waals surface area contributed by atoms with E-state index in [2.05, 4.69) is 5.32 Å². The lowest BCUT2D eigenvalue weighted by molar-refractivity contribution is -0.179. The van der Waals surface area contributed by atoms with E-state index in [1.807, 2.05) is 0 Å². The molecule has 0 aliphatic carbocycles. The molecule has 0 unspecified atom stereocenters. The Morgan fingerprint density at radius 3 is 2.52 bits per heavy atom. The molecule has 0 radical (unpaired) electrons. The van der Waals surface area contributed by atoms with Crippen molar-refractivity contribution in [1.82, 2.24) is 4.31 Å². The second-order valence-corrected chi connectivity index (χ2v) is 9.87. The molecule has 2 aromatic carbocycles. The van der Waals surface area contributed by atoms with Gasteiger partial charge in [-0.05, 0) is 42.8 Å². The van der Waals surface area contributed by atoms with Crippen LogP contribution in [-0.2, 0) is 19.5 Å². The number of rotatable bonds is 4. The molecule has 1 spiro atoms. The van der Waals surface area contributed by atoms with Crippen molar-refractivity contribution in [3.8, 4) is 0 Å². The zero-order valence-corrected chi connectivity index (χ0v) is 18.4. The average Bonchev–Trinajstić information content (AvgIpc) is 3.19. The van der Waals surface area contributed by atoms with Crippen molar-refractivity contribution in [2.45, 2.75) is 30.4 Å². The summed E-state index contributed by atoms with van der Waals surface area (Å²) in [5.74, 6) is -2.29. The number of amides is 1. The maximum absolute atomic E-state index is 14.4. The first-order chi connectivity index (χ1) is 14.7. The predicted molar refractivity (Wildman–Crippen MR) is 113 cm³/mol. The SMILES string of the molecule is Cc1c(Cl)cccc1NC(=O)c1cc(S(=O)(=O)N2CCC3(CC2)OCCO3)ccc1F. The number of benzene rings is 2. The van der Waals surface area contributed by atoms with Crippen molar-refractivity contribution in [3.05, 3.63) is 58.4 Å². The number of anilines is 1. The van der Waals surface area contributed by atoms with E-state index >= 15 is 0 Å². The molecule has 1 N–H and O–H groups in total. The first-order valence-electron chi connectivity index (χ1n) is 9.86. The third kappa shape index (κ3) is 4.33. The maximum Gasteiger partial charge on any atom is 0.258 e. The minimum Gasteiger partial charge on any atom is -0.347 e. The van der Waals surface area contributed by atoms with Gasteiger partial charge in [-0.1, -0.05) is 17.7 Å². The molecule has 0 aromatic heterocycles. The summed E-state index contributed by atoms with van der Waals surface area (Å²) < 4.78 is 53.2. The predicted octanol–water partition coefficient (Wildman–Crippen LogP) is 3.57. The normalized spacial score (nSPS) is 18.9. The Bertz CT molecular complexity index is 1110. The van der Waals surface area contributed by atoms with Crippen LogP contribution in [0.5, 0.6) is 0 Å². The summed E-state index contributed by atoms with van der Waals surface area (Å²) >= 11 is 6.06. The summed E-state index contributed by atoms with van der Waals surface area (Å²) in [7, 11) is -3.91. The molecule has 2 saturated heterocycles. The van der Waals surface area contributed by atoms with Crippen LogP contribution in [-0.4, -0.2) is 50.7 Å². The third-order valence-corrected chi connectivity index (χ3v) is 7.94. The number of sulfonamides is 1. The lowest BCUT2D eigenvalue weighted by Crippen LogP contribution is -2.47. The third-order valence-electron chi connectivity index (χ3n) is 5.63. The van der Waals surface area contributed by atoms with E-state index in [0.29, 0.717) is 42.3 Å². The van der Waals surface area contributed by atoms with Crippen LogP contribution in [0.25, 0.3) is 0 Å². The minimum absolute atomic E-state index is 0.147. The molecule has 0 bridgehead atoms. The van der Waals surface area contributed by atoms with Crippen LogP contribution in [0, 0.1) is 12.7 Å². The molecule has 2 heterocycles. The zero-order valence-electron chi connectivity index (χ0n) is 16.9. The van der Waals surface area contributed by atoms with Gasteiger partial charge in [0, 0.05) is 36.6 Å². The summed E-state index contributed by atoms with van der Waals surface area (Å²) in [5.41, 5.74) is 0.680. The second-order valence-electron chi connectivity index (χ2n) is 7.52. The first-order valence-corrected chi connectivity index (χ1v) is 11.7. The monoisotopic (exact) mass is 468 g/mol. The molecule has 10 heteroatoms. The van der Waals surface area contributed by atoms with Gasteiger partial charge in [0.1, 0.15) is 5.82 Å². The molecule has 31 heavy (non-hydrogen) atoms. The number of hydrogen-bond donors (Lipinski definition) is 1. The van der Waals surface area contributed by atoms with Crippen molar-refractivity contribution >= 4 is 33.2 Å². The Morgan fingerprint density at radius 2 is 1.84 bits per heavy atom. The first kappa shape index (κ1) is 22.2. The minimum atomic E-state index is -3.91. The van der Waals surface area contributed by atoms with Gasteiger partial charge in [0.15, 0.2) is 5.79 Å². The lowest BCUT2D eigenvalue weighted by atomic mass is 10.1. The molecular weight excluding hydrogens is 447 g/mol. The van der Waals surface area contributed by atoms with Gasteiger partial charge in [-0.15, -0.1) is 0 Å². The number of hydrogen-bond acceptors (Lipinski definition) is 5. The van der Waals surface area contributed by atoms with Crippen LogP contribution in [0.15, 0.2) is 41.3 Å². The maximum atomic E-state index is 14.4. The highest BCUT2D eigenvalue weighted by Crippen LogP contribution is 2.33. The van der Waals surface area contributed by atoms with Gasteiger partial charge in [-0.3, -0.25) is 4.79 Å². The quantitative estimate of drug-likeness (QED) is 0.741. The standard InChI is InChI=1S/C21H22ClFN2O5S/c1-14-17(22)3-2-4-19(14)24-20(26)16-13-15(5-6-18(16)23)31(27,28)25-9-7-21(8-10-25)29-11-12-30-21/h2-6,13H,7-12H2,1H3,(H,24,26). The highest BCUT2D eigenvalue weighted by molar-refractivity contribution is 7.89. The van der Waals surface area contributed by atoms with E-state index in [1.54, 1.807) is 25.1 Å². The smallest absolute Gasteiger partial charge is 0.258 e. The Kier molecular flexibility index (Phi) is 6.06. The molecule has 0 atom stereocenters. The topological polar surface area (TPSA) is 84.9 Å². The van der Waals surface area contributed by atoms with E-state index < -0.39 is 27.5 Å². The molecule has 4 rings (SSSR count). The second kappa shape index (κ2) is 8.48. The van der Waals surface area contributed by atoms with Crippen LogP contribution in [0.4, 0.5) is 10.1 Å². The molecule has 2 aliphatic rings. The Morgan fingerprint density at radius 1 is 1.16 bits per heavy atom. The van der Waals surface area contributed by atoms with Gasteiger partial charge in [-0.2, -0.15) is 4.31 Å². The Hall–Kier alpha value is -2.04. The van der Waals surface area contributed by atoms with Crippen LogP contribution in [0.3, 0.4) is 0 Å². The molecule has 2 fully saturated rings. The van der Waals surface area contributed by atoms with E-state index in [9.17, 15) is 17.6 Å². The van der Waals surface area contributed by atoms with Gasteiger partial charge in [-0.25, -0.2) is 12.8 Å². The summed E-state index contributed by atoms with van der Waals surface area (Å²) in [4.78, 5) is 12.5. The van der Waals surface area contributed by atoms with E-state index in [1.165, 1.54) is 10.4 Å². The highest BCUT2D eigenvalue weighted by atomic mass is 35.5. The van der Waals surface area contributed by atoms with Crippen molar-refractivity contribution in [1.29, 1.82) is 0 Å². The lowest BCUT2D eigenvalue weighted by Gasteiger charge is -2.36. The Balaban J connectivity index is 1.55. The molecular formula is C21H22ClFN2O5S. The molecule has 0 saturated carbocycles. The van der Waals surface area contributed by atoms with Gasteiger partial charge >= 0.3 is 0 Å². The molecule has 166 valence electrons. The number of nitrogens with zero attached hydrogens (tertiary/aromatic N) is 1. The zero-order chi connectivity index (χ0) is 22.2. The van der Waals surface area contributed by atoms with Gasteiger partial charge < -0.3 is 14.8 Å². The van der Waals surface area contributed by atoms with Crippen LogP contribution >= 0.6 is 11.6 Å². The van der Waals surface area contributed by atoms with E-state index in [-0.39, 0.29) is 23.5 Å². The van der Waals surface area contributed by atoms with E-state index in [4.69, 9.17) is 21.1 Å². The fourth-order valence-electron chi connectivity index (χ4n) is 3.77. The summed E-state index contributed by atoms with van der Waals surface area (Å²) in [6.45, 7) is 3.13. The number of carbonyl (C=O) groups is 1. The molecule has 7 nitrogen and oxygen atoms in total. The summed E-state index contributed by atoms with van der Waals surface area (Å²) in [6, 6.07) is 8.18. The van der Waals surface area contributed by atoms with Crippen LogP contribution < -0.4 is 5.32 Å². The fraction of sp³-hybridized carbons (Fsp3) is 0.381. The van der Waals surface area contributed by atoms with Gasteiger partial charge in [0.25, 0.3) is 5.91 Å². The fourth-order valence-corrected chi connectivity index (χ4v) is 5.42. The van der Waals surface area contributed by atoms with Crippen molar-refractivity contribution < 1.29 is 27.1 Å². The summed E-state index contributed by atoms with van der Waals surface area (Å²) in [6.07, 6.45) is 0.823. The Labute approximate surface area is 185 Å². The van der Waals surface area contributed by atoms with Crippen molar-refractivity contribution in [2.75, 3.05) is 31.6 Å². The number of ether oxygens (including phenoxy) is 2. The highest BCUT2D eigenvalue weighted by Gasteiger charge is 2.42. The number of piperidine rings is 1. The average molecular weight is 469 g/mol. The van der Waals surface area contributed by atoms with Crippen molar-refractivity contribution in [3.63, 3.8) is 0 Å². The van der Waals surface area contributed by atoms with E-state index in [0.717, 1.165) is 12.1 Å². The van der Waals surface area contributed by atoms with Crippen molar-refractivity contribution in [2.24, 2.45) is 0 Å². The molecule has 2 aliphatic heterocycles. The largest absolute Gasteiger partial charge is 0.347 e. The van der Waals surface area contributed by atoms with Gasteiger partial charge in [0.2, 0.25) is 10.0 Å². The summed E-state index contributed by atoms with van der Waals surface area (Å²) in [5, 5.41) is 3.05. The van der Waals surface area contributed by atoms with Crippen LogP contribution in [0.1, 0.15) is 28.8 Å². The number of carbonyl (C=O) groups excluding carboxylic acids is 1. The molecule has 1 amide bonds.